The maximum absolute atomic E-state index is 12.8. The fraction of sp³-hybridized carbons (Fsp3) is 0.533. The minimum atomic E-state index is -0.414. The summed E-state index contributed by atoms with van der Waals surface area (Å²) in [6.45, 7) is 3.46. The zero-order chi connectivity index (χ0) is 15.0. The van der Waals surface area contributed by atoms with Crippen molar-refractivity contribution < 1.29 is 9.72 Å². The van der Waals surface area contributed by atoms with E-state index in [1.54, 1.807) is 19.1 Å². The number of aryl methyl sites for hydroxylation is 1. The molecule has 2 atom stereocenters. The van der Waals surface area contributed by atoms with Crippen LogP contribution in [0, 0.1) is 17.0 Å². The molecule has 2 saturated heterocycles. The van der Waals surface area contributed by atoms with E-state index in [2.05, 4.69) is 5.32 Å². The van der Waals surface area contributed by atoms with Gasteiger partial charge in [-0.1, -0.05) is 0 Å². The van der Waals surface area contributed by atoms with Gasteiger partial charge in [-0.25, -0.2) is 0 Å². The van der Waals surface area contributed by atoms with E-state index >= 15 is 0 Å². The quantitative estimate of drug-likeness (QED) is 0.668. The molecule has 2 fully saturated rings. The summed E-state index contributed by atoms with van der Waals surface area (Å²) in [6.07, 6.45) is 3.08. The number of hydrogen-bond donors (Lipinski definition) is 1. The summed E-state index contributed by atoms with van der Waals surface area (Å²) in [6, 6.07) is 5.19. The molecule has 2 aliphatic rings. The van der Waals surface area contributed by atoms with Gasteiger partial charge in [-0.2, -0.15) is 0 Å². The second-order valence-electron chi connectivity index (χ2n) is 5.85. The molecule has 0 radical (unpaired) electrons. The van der Waals surface area contributed by atoms with Crippen LogP contribution in [0.5, 0.6) is 0 Å². The Balaban J connectivity index is 0.00000176. The van der Waals surface area contributed by atoms with E-state index in [4.69, 9.17) is 0 Å². The summed E-state index contributed by atoms with van der Waals surface area (Å²) < 4.78 is 0. The summed E-state index contributed by atoms with van der Waals surface area (Å²) in [5.74, 6) is 0.00389. The van der Waals surface area contributed by atoms with E-state index in [0.717, 1.165) is 32.4 Å². The van der Waals surface area contributed by atoms with Crippen molar-refractivity contribution in [2.75, 3.05) is 13.1 Å². The van der Waals surface area contributed by atoms with Gasteiger partial charge in [0.2, 0.25) is 0 Å². The molecule has 0 aromatic heterocycles. The molecular formula is C15H20ClN3O3. The SMILES string of the molecule is Cc1cc(C(=O)N2C3CCNCC2CC3)ccc1[N+](=O)[O-].Cl. The topological polar surface area (TPSA) is 75.5 Å². The standard InChI is InChI=1S/C15H19N3O3.ClH/c1-10-8-11(2-5-14(10)18(20)21)15(19)17-12-3-4-13(17)9-16-7-6-12;/h2,5,8,12-13,16H,3-4,6-7,9H2,1H3;1H. The Morgan fingerprint density at radius 3 is 2.73 bits per heavy atom. The molecular weight excluding hydrogens is 306 g/mol. The van der Waals surface area contributed by atoms with Gasteiger partial charge >= 0.3 is 0 Å². The highest BCUT2D eigenvalue weighted by Gasteiger charge is 2.38. The number of carbonyl (C=O) groups excluding carboxylic acids is 1. The van der Waals surface area contributed by atoms with Crippen LogP contribution in [0.15, 0.2) is 18.2 Å². The highest BCUT2D eigenvalue weighted by Crippen LogP contribution is 2.30. The van der Waals surface area contributed by atoms with Crippen molar-refractivity contribution in [1.29, 1.82) is 0 Å². The number of rotatable bonds is 2. The molecule has 22 heavy (non-hydrogen) atoms. The first-order valence-electron chi connectivity index (χ1n) is 7.36. The van der Waals surface area contributed by atoms with Crippen LogP contribution in [-0.4, -0.2) is 40.9 Å². The molecule has 1 amide bonds. The van der Waals surface area contributed by atoms with Crippen molar-refractivity contribution in [1.82, 2.24) is 10.2 Å². The van der Waals surface area contributed by atoms with Crippen LogP contribution in [0.25, 0.3) is 0 Å². The molecule has 120 valence electrons. The molecule has 1 aromatic carbocycles. The third-order valence-corrected chi connectivity index (χ3v) is 4.53. The Morgan fingerprint density at radius 1 is 1.32 bits per heavy atom. The Morgan fingerprint density at radius 2 is 2.05 bits per heavy atom. The first kappa shape index (κ1) is 16.7. The van der Waals surface area contributed by atoms with Gasteiger partial charge in [0, 0.05) is 35.8 Å². The maximum atomic E-state index is 12.8. The first-order valence-corrected chi connectivity index (χ1v) is 7.36. The fourth-order valence-corrected chi connectivity index (χ4v) is 3.46. The van der Waals surface area contributed by atoms with Crippen molar-refractivity contribution in [3.63, 3.8) is 0 Å². The zero-order valence-electron chi connectivity index (χ0n) is 12.4. The van der Waals surface area contributed by atoms with Gasteiger partial charge in [-0.3, -0.25) is 14.9 Å². The molecule has 2 aliphatic heterocycles. The smallest absolute Gasteiger partial charge is 0.272 e. The Kier molecular flexibility index (Phi) is 5.03. The first-order chi connectivity index (χ1) is 10.1. The number of amides is 1. The lowest BCUT2D eigenvalue weighted by Crippen LogP contribution is -2.42. The third kappa shape index (κ3) is 2.94. The number of nitro benzene ring substituents is 1. The third-order valence-electron chi connectivity index (χ3n) is 4.53. The van der Waals surface area contributed by atoms with Gasteiger partial charge in [0.05, 0.1) is 4.92 Å². The van der Waals surface area contributed by atoms with Crippen LogP contribution in [0.4, 0.5) is 5.69 Å². The van der Waals surface area contributed by atoms with E-state index in [9.17, 15) is 14.9 Å². The van der Waals surface area contributed by atoms with Gasteiger partial charge in [0.1, 0.15) is 0 Å². The van der Waals surface area contributed by atoms with E-state index in [1.807, 2.05) is 4.90 Å². The lowest BCUT2D eigenvalue weighted by molar-refractivity contribution is -0.385. The number of nitrogens with one attached hydrogen (secondary N) is 1. The summed E-state index contributed by atoms with van der Waals surface area (Å²) in [4.78, 5) is 25.2. The van der Waals surface area contributed by atoms with Gasteiger partial charge in [-0.05, 0) is 44.9 Å². The average Bonchev–Trinajstić information content (AvgIpc) is 2.70. The molecule has 2 unspecified atom stereocenters. The molecule has 0 spiro atoms. The Labute approximate surface area is 135 Å². The van der Waals surface area contributed by atoms with E-state index in [1.165, 1.54) is 6.07 Å². The van der Waals surface area contributed by atoms with E-state index < -0.39 is 4.92 Å². The number of fused-ring (bicyclic) bond motifs is 2. The highest BCUT2D eigenvalue weighted by molar-refractivity contribution is 5.95. The van der Waals surface area contributed by atoms with Crippen molar-refractivity contribution in [3.05, 3.63) is 39.4 Å². The summed E-state index contributed by atoms with van der Waals surface area (Å²) in [5, 5.41) is 14.2. The molecule has 1 aromatic rings. The molecule has 6 nitrogen and oxygen atoms in total. The van der Waals surface area contributed by atoms with Crippen LogP contribution < -0.4 is 5.32 Å². The van der Waals surface area contributed by atoms with Crippen LogP contribution >= 0.6 is 12.4 Å². The molecule has 2 heterocycles. The van der Waals surface area contributed by atoms with E-state index in [-0.39, 0.29) is 30.0 Å². The largest absolute Gasteiger partial charge is 0.331 e. The van der Waals surface area contributed by atoms with Crippen LogP contribution in [-0.2, 0) is 0 Å². The number of halogens is 1. The van der Waals surface area contributed by atoms with Crippen molar-refractivity contribution >= 4 is 24.0 Å². The molecule has 0 saturated carbocycles. The van der Waals surface area contributed by atoms with Crippen LogP contribution in [0.1, 0.15) is 35.2 Å². The minimum Gasteiger partial charge on any atom is -0.331 e. The predicted molar refractivity (Wildman–Crippen MR) is 85.5 cm³/mol. The summed E-state index contributed by atoms with van der Waals surface area (Å²) in [7, 11) is 0. The Hall–Kier alpha value is -1.66. The maximum Gasteiger partial charge on any atom is 0.272 e. The normalized spacial score (nSPS) is 23.6. The molecule has 0 aliphatic carbocycles. The lowest BCUT2D eigenvalue weighted by Gasteiger charge is -2.28. The average molecular weight is 326 g/mol. The molecule has 2 bridgehead atoms. The minimum absolute atomic E-state index is 0. The number of nitro groups is 1. The van der Waals surface area contributed by atoms with Gasteiger partial charge in [-0.15, -0.1) is 12.4 Å². The highest BCUT2D eigenvalue weighted by atomic mass is 35.5. The molecule has 7 heteroatoms. The van der Waals surface area contributed by atoms with Gasteiger partial charge in [0.25, 0.3) is 11.6 Å². The van der Waals surface area contributed by atoms with Gasteiger partial charge in [0.15, 0.2) is 0 Å². The molecule has 1 N–H and O–H groups in total. The molecule has 3 rings (SSSR count). The monoisotopic (exact) mass is 325 g/mol. The van der Waals surface area contributed by atoms with Crippen molar-refractivity contribution in [2.24, 2.45) is 0 Å². The van der Waals surface area contributed by atoms with Crippen molar-refractivity contribution in [3.8, 4) is 0 Å². The second-order valence-corrected chi connectivity index (χ2v) is 5.85. The van der Waals surface area contributed by atoms with E-state index in [0.29, 0.717) is 17.2 Å². The van der Waals surface area contributed by atoms with Crippen LogP contribution in [0.2, 0.25) is 0 Å². The zero-order valence-corrected chi connectivity index (χ0v) is 13.3. The number of hydrogen-bond acceptors (Lipinski definition) is 4. The predicted octanol–water partition coefficient (Wildman–Crippen LogP) is 2.29. The second kappa shape index (κ2) is 6.62. The van der Waals surface area contributed by atoms with Gasteiger partial charge < -0.3 is 10.2 Å². The van der Waals surface area contributed by atoms with Crippen molar-refractivity contribution in [2.45, 2.75) is 38.3 Å². The van der Waals surface area contributed by atoms with Crippen LogP contribution in [0.3, 0.4) is 0 Å². The number of benzene rings is 1. The fourth-order valence-electron chi connectivity index (χ4n) is 3.46. The lowest BCUT2D eigenvalue weighted by atomic mass is 10.1. The summed E-state index contributed by atoms with van der Waals surface area (Å²) >= 11 is 0. The number of nitrogens with zero attached hydrogens (tertiary/aromatic N) is 2. The Bertz CT molecular complexity index is 579. The summed E-state index contributed by atoms with van der Waals surface area (Å²) in [5.41, 5.74) is 1.15. The number of carbonyl (C=O) groups is 1.